The largest absolute Gasteiger partial charge is 0.372 e. The standard InChI is InChI=1S/C16H18BrFN2O/c1-2-21-16(11-6-4-3-5-7-11)15(20-19)13-10-12(17)8-9-14(13)18/h3-10,15-16,20H,2,19H2,1H3. The maximum Gasteiger partial charge on any atom is 0.128 e. The smallest absolute Gasteiger partial charge is 0.128 e. The minimum absolute atomic E-state index is 0.318. The monoisotopic (exact) mass is 352 g/mol. The molecule has 3 N–H and O–H groups in total. The molecule has 3 nitrogen and oxygen atoms in total. The van der Waals surface area contributed by atoms with Crippen molar-refractivity contribution in [2.24, 2.45) is 5.84 Å². The van der Waals surface area contributed by atoms with Crippen molar-refractivity contribution in [2.45, 2.75) is 19.1 Å². The second-order valence-corrected chi connectivity index (χ2v) is 5.51. The van der Waals surface area contributed by atoms with E-state index in [1.807, 2.05) is 37.3 Å². The van der Waals surface area contributed by atoms with E-state index in [1.165, 1.54) is 6.07 Å². The maximum atomic E-state index is 14.2. The van der Waals surface area contributed by atoms with Gasteiger partial charge >= 0.3 is 0 Å². The molecule has 5 heteroatoms. The highest BCUT2D eigenvalue weighted by Crippen LogP contribution is 2.34. The zero-order valence-electron chi connectivity index (χ0n) is 11.7. The Morgan fingerprint density at radius 2 is 1.95 bits per heavy atom. The summed E-state index contributed by atoms with van der Waals surface area (Å²) in [5.41, 5.74) is 4.10. The molecule has 0 aliphatic heterocycles. The second kappa shape index (κ2) is 7.66. The number of ether oxygens (including phenoxy) is 1. The third-order valence-corrected chi connectivity index (χ3v) is 3.74. The molecule has 0 amide bonds. The molecule has 0 radical (unpaired) electrons. The average molecular weight is 353 g/mol. The third kappa shape index (κ3) is 3.89. The average Bonchev–Trinajstić information content (AvgIpc) is 2.51. The molecule has 0 bridgehead atoms. The molecule has 0 spiro atoms. The van der Waals surface area contributed by atoms with Crippen molar-refractivity contribution in [1.82, 2.24) is 5.43 Å². The highest BCUT2D eigenvalue weighted by Gasteiger charge is 2.26. The lowest BCUT2D eigenvalue weighted by molar-refractivity contribution is 0.0317. The molecule has 0 aliphatic rings. The van der Waals surface area contributed by atoms with Crippen LogP contribution in [0.5, 0.6) is 0 Å². The fraction of sp³-hybridized carbons (Fsp3) is 0.250. The van der Waals surface area contributed by atoms with Crippen LogP contribution in [0.25, 0.3) is 0 Å². The first kappa shape index (κ1) is 16.1. The Morgan fingerprint density at radius 3 is 2.57 bits per heavy atom. The molecule has 0 saturated heterocycles. The Kier molecular flexibility index (Phi) is 5.87. The molecule has 112 valence electrons. The topological polar surface area (TPSA) is 47.3 Å². The van der Waals surface area contributed by atoms with Crippen molar-refractivity contribution in [3.63, 3.8) is 0 Å². The lowest BCUT2D eigenvalue weighted by Crippen LogP contribution is -2.34. The molecule has 0 aliphatic carbocycles. The number of benzene rings is 2. The van der Waals surface area contributed by atoms with Crippen molar-refractivity contribution >= 4 is 15.9 Å². The van der Waals surface area contributed by atoms with Gasteiger partial charge < -0.3 is 4.74 Å². The molecular weight excluding hydrogens is 335 g/mol. The van der Waals surface area contributed by atoms with Gasteiger partial charge in [0.1, 0.15) is 11.9 Å². The summed E-state index contributed by atoms with van der Waals surface area (Å²) in [6.45, 7) is 2.41. The molecule has 21 heavy (non-hydrogen) atoms. The van der Waals surface area contributed by atoms with Crippen molar-refractivity contribution < 1.29 is 9.13 Å². The molecule has 0 fully saturated rings. The fourth-order valence-corrected chi connectivity index (χ4v) is 2.68. The number of nitrogens with one attached hydrogen (secondary N) is 1. The lowest BCUT2D eigenvalue weighted by Gasteiger charge is -2.27. The number of hydrogen-bond donors (Lipinski definition) is 2. The molecule has 2 atom stereocenters. The van der Waals surface area contributed by atoms with Gasteiger partial charge in [-0.1, -0.05) is 46.3 Å². The van der Waals surface area contributed by atoms with E-state index in [0.29, 0.717) is 12.2 Å². The Bertz CT molecular complexity index is 580. The van der Waals surface area contributed by atoms with E-state index in [0.717, 1.165) is 10.0 Å². The van der Waals surface area contributed by atoms with Crippen LogP contribution in [0, 0.1) is 5.82 Å². The zero-order chi connectivity index (χ0) is 15.2. The van der Waals surface area contributed by atoms with Crippen LogP contribution in [0.4, 0.5) is 4.39 Å². The van der Waals surface area contributed by atoms with Gasteiger partial charge in [-0.2, -0.15) is 0 Å². The van der Waals surface area contributed by atoms with E-state index in [2.05, 4.69) is 21.4 Å². The summed E-state index contributed by atoms with van der Waals surface area (Å²) in [4.78, 5) is 0. The fourth-order valence-electron chi connectivity index (χ4n) is 2.30. The molecule has 0 aromatic heterocycles. The Labute approximate surface area is 132 Å². The van der Waals surface area contributed by atoms with Crippen LogP contribution in [-0.2, 0) is 4.74 Å². The summed E-state index contributed by atoms with van der Waals surface area (Å²) in [5.74, 6) is 5.36. The molecule has 0 heterocycles. The minimum Gasteiger partial charge on any atom is -0.372 e. The van der Waals surface area contributed by atoms with Crippen molar-refractivity contribution in [1.29, 1.82) is 0 Å². The number of rotatable bonds is 6. The first-order chi connectivity index (χ1) is 10.2. The van der Waals surface area contributed by atoms with E-state index in [9.17, 15) is 4.39 Å². The Morgan fingerprint density at radius 1 is 1.24 bits per heavy atom. The first-order valence-corrected chi connectivity index (χ1v) is 7.54. The summed E-state index contributed by atoms with van der Waals surface area (Å²) in [6.07, 6.45) is -0.370. The van der Waals surface area contributed by atoms with Crippen LogP contribution >= 0.6 is 15.9 Å². The van der Waals surface area contributed by atoms with Crippen LogP contribution in [0.15, 0.2) is 53.0 Å². The number of hydrazine groups is 1. The Balaban J connectivity index is 2.43. The van der Waals surface area contributed by atoms with Gasteiger partial charge in [0.25, 0.3) is 0 Å². The molecular formula is C16H18BrFN2O. The lowest BCUT2D eigenvalue weighted by atomic mass is 9.95. The van der Waals surface area contributed by atoms with Gasteiger partial charge in [0.15, 0.2) is 0 Å². The van der Waals surface area contributed by atoms with Crippen LogP contribution in [-0.4, -0.2) is 6.61 Å². The van der Waals surface area contributed by atoms with Crippen LogP contribution in [0.1, 0.15) is 30.2 Å². The van der Waals surface area contributed by atoms with E-state index in [1.54, 1.807) is 12.1 Å². The van der Waals surface area contributed by atoms with Crippen LogP contribution < -0.4 is 11.3 Å². The third-order valence-electron chi connectivity index (χ3n) is 3.25. The van der Waals surface area contributed by atoms with Gasteiger partial charge in [-0.25, -0.2) is 9.82 Å². The summed E-state index contributed by atoms with van der Waals surface area (Å²) >= 11 is 3.36. The van der Waals surface area contributed by atoms with E-state index >= 15 is 0 Å². The minimum atomic E-state index is -0.482. The van der Waals surface area contributed by atoms with Gasteiger partial charge in [0, 0.05) is 16.6 Å². The first-order valence-electron chi connectivity index (χ1n) is 6.75. The quantitative estimate of drug-likeness (QED) is 0.612. The molecule has 2 aromatic carbocycles. The normalized spacial score (nSPS) is 13.9. The van der Waals surface area contributed by atoms with Crippen molar-refractivity contribution in [3.05, 3.63) is 69.9 Å². The van der Waals surface area contributed by atoms with Crippen molar-refractivity contribution in [3.8, 4) is 0 Å². The van der Waals surface area contributed by atoms with Crippen molar-refractivity contribution in [2.75, 3.05) is 6.61 Å². The highest BCUT2D eigenvalue weighted by molar-refractivity contribution is 9.10. The summed E-state index contributed by atoms with van der Waals surface area (Å²) < 4.78 is 20.8. The number of hydrogen-bond acceptors (Lipinski definition) is 3. The summed E-state index contributed by atoms with van der Waals surface area (Å²) in [5, 5.41) is 0. The second-order valence-electron chi connectivity index (χ2n) is 4.60. The molecule has 2 aromatic rings. The molecule has 2 unspecified atom stereocenters. The van der Waals surface area contributed by atoms with Gasteiger partial charge in [-0.3, -0.25) is 5.84 Å². The van der Waals surface area contributed by atoms with Gasteiger partial charge in [0.05, 0.1) is 6.04 Å². The van der Waals surface area contributed by atoms with E-state index < -0.39 is 6.04 Å². The number of halogens is 2. The highest BCUT2D eigenvalue weighted by atomic mass is 79.9. The van der Waals surface area contributed by atoms with Gasteiger partial charge in [-0.15, -0.1) is 0 Å². The summed E-state index contributed by atoms with van der Waals surface area (Å²) in [7, 11) is 0. The van der Waals surface area contributed by atoms with Crippen LogP contribution in [0.3, 0.4) is 0 Å². The van der Waals surface area contributed by atoms with E-state index in [4.69, 9.17) is 10.6 Å². The predicted octanol–water partition coefficient (Wildman–Crippen LogP) is 3.87. The predicted molar refractivity (Wildman–Crippen MR) is 85.0 cm³/mol. The SMILES string of the molecule is CCOC(c1ccccc1)C(NN)c1cc(Br)ccc1F. The molecule has 0 saturated carbocycles. The number of nitrogens with two attached hydrogens (primary N) is 1. The maximum absolute atomic E-state index is 14.2. The Hall–Kier alpha value is -1.27. The van der Waals surface area contributed by atoms with Gasteiger partial charge in [-0.05, 0) is 30.7 Å². The van der Waals surface area contributed by atoms with E-state index in [-0.39, 0.29) is 11.9 Å². The van der Waals surface area contributed by atoms with Gasteiger partial charge in [0.2, 0.25) is 0 Å². The zero-order valence-corrected chi connectivity index (χ0v) is 13.3. The van der Waals surface area contributed by atoms with Crippen LogP contribution in [0.2, 0.25) is 0 Å². The molecule has 2 rings (SSSR count). The summed E-state index contributed by atoms with van der Waals surface area (Å²) in [6, 6.07) is 14.0.